The lowest BCUT2D eigenvalue weighted by Crippen LogP contribution is -2.26. The molecule has 0 unspecified atom stereocenters. The van der Waals surface area contributed by atoms with Crippen molar-refractivity contribution in [3.63, 3.8) is 0 Å². The van der Waals surface area contributed by atoms with Gasteiger partial charge in [0.25, 0.3) is 0 Å². The number of pyridine rings is 1. The topological polar surface area (TPSA) is 62.5 Å². The van der Waals surface area contributed by atoms with E-state index >= 15 is 0 Å². The summed E-state index contributed by atoms with van der Waals surface area (Å²) in [5.41, 5.74) is 4.74. The van der Waals surface area contributed by atoms with Gasteiger partial charge in [0.15, 0.2) is 0 Å². The quantitative estimate of drug-likeness (QED) is 0.505. The number of aromatic nitrogens is 1. The molecule has 0 amide bonds. The molecular formula is C28H21ClN2O2S. The zero-order valence-electron chi connectivity index (χ0n) is 18.2. The van der Waals surface area contributed by atoms with E-state index in [9.17, 15) is 4.79 Å². The third kappa shape index (κ3) is 4.91. The lowest BCUT2D eigenvalue weighted by Gasteiger charge is -2.14. The van der Waals surface area contributed by atoms with E-state index in [1.807, 2.05) is 54.8 Å². The summed E-state index contributed by atoms with van der Waals surface area (Å²) < 4.78 is 0. The highest BCUT2D eigenvalue weighted by molar-refractivity contribution is 8.08. The molecule has 5 rings (SSSR count). The van der Waals surface area contributed by atoms with E-state index in [1.165, 1.54) is 0 Å². The highest BCUT2D eigenvalue weighted by Crippen LogP contribution is 2.33. The number of thioether (sulfide) groups is 1. The van der Waals surface area contributed by atoms with Crippen LogP contribution in [0.25, 0.3) is 34.0 Å². The average molecular weight is 485 g/mol. The number of fused-ring (bicyclic) bond motifs is 3. The number of hydrogen-bond donors (Lipinski definition) is 1. The van der Waals surface area contributed by atoms with Gasteiger partial charge >= 0.3 is 5.97 Å². The van der Waals surface area contributed by atoms with E-state index in [0.717, 1.165) is 55.2 Å². The number of carboxylic acid groups (broad SMARTS) is 1. The van der Waals surface area contributed by atoms with Crippen molar-refractivity contribution in [1.82, 2.24) is 4.98 Å². The van der Waals surface area contributed by atoms with E-state index in [-0.39, 0.29) is 6.42 Å². The highest BCUT2D eigenvalue weighted by Gasteiger charge is 2.16. The molecule has 2 aromatic carbocycles. The number of benzene rings is 2. The van der Waals surface area contributed by atoms with Crippen molar-refractivity contribution >= 4 is 69.6 Å². The van der Waals surface area contributed by atoms with Gasteiger partial charge in [-0.1, -0.05) is 54.1 Å². The van der Waals surface area contributed by atoms with Crippen molar-refractivity contribution in [2.75, 3.05) is 5.75 Å². The number of dihydropyridines is 1. The Morgan fingerprint density at radius 1 is 1.09 bits per heavy atom. The summed E-state index contributed by atoms with van der Waals surface area (Å²) in [5, 5.41) is 13.0. The summed E-state index contributed by atoms with van der Waals surface area (Å²) in [7, 11) is 0. The summed E-state index contributed by atoms with van der Waals surface area (Å²) in [4.78, 5) is 21.5. The van der Waals surface area contributed by atoms with Crippen LogP contribution < -0.4 is 10.4 Å². The summed E-state index contributed by atoms with van der Waals surface area (Å²) in [6.45, 7) is 0. The van der Waals surface area contributed by atoms with Crippen LogP contribution >= 0.6 is 23.4 Å². The van der Waals surface area contributed by atoms with Crippen molar-refractivity contribution in [3.8, 4) is 0 Å². The van der Waals surface area contributed by atoms with Gasteiger partial charge in [-0.05, 0) is 52.4 Å². The minimum absolute atomic E-state index is 0.111. The van der Waals surface area contributed by atoms with Gasteiger partial charge in [0.05, 0.1) is 23.3 Å². The third-order valence-electron chi connectivity index (χ3n) is 5.61. The highest BCUT2D eigenvalue weighted by atomic mass is 35.5. The van der Waals surface area contributed by atoms with Crippen LogP contribution in [0, 0.1) is 0 Å². The van der Waals surface area contributed by atoms with Crippen LogP contribution in [-0.4, -0.2) is 28.0 Å². The van der Waals surface area contributed by atoms with Gasteiger partial charge in [-0.2, -0.15) is 0 Å². The maximum absolute atomic E-state index is 11.1. The summed E-state index contributed by atoms with van der Waals surface area (Å²) in [5.74, 6) is -0.289. The Balaban J connectivity index is 1.54. The Bertz CT molecular complexity index is 1550. The Hall–Kier alpha value is -3.41. The van der Waals surface area contributed by atoms with Crippen LogP contribution in [0.3, 0.4) is 0 Å². The number of carboxylic acids is 1. The van der Waals surface area contributed by atoms with Crippen molar-refractivity contribution < 1.29 is 9.90 Å². The smallest absolute Gasteiger partial charge is 0.304 e. The number of carbonyl (C=O) groups is 1. The molecule has 0 fully saturated rings. The average Bonchev–Trinajstić information content (AvgIpc) is 2.99. The molecule has 1 aliphatic carbocycles. The number of aliphatic carboxylic acids is 1. The monoisotopic (exact) mass is 484 g/mol. The van der Waals surface area contributed by atoms with Crippen molar-refractivity contribution in [3.05, 3.63) is 98.7 Å². The number of nitrogens with zero attached hydrogens (tertiary/aromatic N) is 2. The molecule has 4 nitrogen and oxygen atoms in total. The first-order valence-corrected chi connectivity index (χ1v) is 12.3. The van der Waals surface area contributed by atoms with Crippen LogP contribution in [0.1, 0.15) is 24.1 Å². The molecule has 3 aromatic rings. The third-order valence-corrected chi connectivity index (χ3v) is 6.98. The summed E-state index contributed by atoms with van der Waals surface area (Å²) >= 11 is 7.70. The lowest BCUT2D eigenvalue weighted by molar-refractivity contribution is -0.136. The Kier molecular flexibility index (Phi) is 6.48. The first-order chi connectivity index (χ1) is 16.6. The summed E-state index contributed by atoms with van der Waals surface area (Å²) in [6, 6.07) is 16.1. The predicted molar refractivity (Wildman–Crippen MR) is 143 cm³/mol. The number of rotatable bonds is 6. The SMILES string of the molecule is O=C(O)CCSC1=c2cc(/C=C/c3ccc4ccc(Cl)cc4n3)ccc2=CC=C2N=CCC=C21. The second kappa shape index (κ2) is 9.84. The molecule has 1 aromatic heterocycles. The minimum atomic E-state index is -0.791. The second-order valence-corrected chi connectivity index (χ2v) is 9.50. The molecule has 0 bridgehead atoms. The Morgan fingerprint density at radius 2 is 1.97 bits per heavy atom. The first kappa shape index (κ1) is 22.4. The number of aliphatic imine (C=N–C) groups is 1. The van der Waals surface area contributed by atoms with Gasteiger partial charge in [-0.15, -0.1) is 11.8 Å². The number of hydrogen-bond acceptors (Lipinski definition) is 4. The fourth-order valence-electron chi connectivity index (χ4n) is 3.95. The molecule has 0 saturated heterocycles. The van der Waals surface area contributed by atoms with Crippen LogP contribution in [-0.2, 0) is 4.79 Å². The van der Waals surface area contributed by atoms with E-state index < -0.39 is 5.97 Å². The minimum Gasteiger partial charge on any atom is -0.481 e. The van der Waals surface area contributed by atoms with Crippen LogP contribution in [0.2, 0.25) is 5.02 Å². The fraction of sp³-hybridized carbons (Fsp3) is 0.107. The van der Waals surface area contributed by atoms with Crippen LogP contribution in [0.5, 0.6) is 0 Å². The largest absolute Gasteiger partial charge is 0.481 e. The predicted octanol–water partition coefficient (Wildman–Crippen LogP) is 5.45. The van der Waals surface area contributed by atoms with E-state index in [2.05, 4.69) is 35.3 Å². The van der Waals surface area contributed by atoms with Gasteiger partial charge in [0, 0.05) is 39.3 Å². The van der Waals surface area contributed by atoms with Gasteiger partial charge in [0.1, 0.15) is 0 Å². The van der Waals surface area contributed by atoms with Gasteiger partial charge < -0.3 is 5.11 Å². The molecule has 2 heterocycles. The maximum atomic E-state index is 11.1. The van der Waals surface area contributed by atoms with Crippen molar-refractivity contribution in [2.45, 2.75) is 12.8 Å². The van der Waals surface area contributed by atoms with Gasteiger partial charge in [-0.25, -0.2) is 4.98 Å². The van der Waals surface area contributed by atoms with Crippen LogP contribution in [0.15, 0.2) is 76.9 Å². The molecular weight excluding hydrogens is 464 g/mol. The standard InChI is InChI=1S/C28H21ClN2O2S/c29-21-9-6-20-7-11-22(31-26(20)17-21)10-4-18-3-5-19-8-12-25-23(2-1-14-30-25)28(24(19)16-18)34-15-13-27(32)33/h2-12,14,16-17H,1,13,15H2,(H,32,33)/b10-4+. The molecule has 2 aliphatic rings. The molecule has 0 saturated carbocycles. The Morgan fingerprint density at radius 3 is 2.85 bits per heavy atom. The normalized spacial score (nSPS) is 14.8. The Labute approximate surface area is 206 Å². The lowest BCUT2D eigenvalue weighted by atomic mass is 10.1. The van der Waals surface area contributed by atoms with Gasteiger partial charge in [-0.3, -0.25) is 9.79 Å². The van der Waals surface area contributed by atoms with E-state index in [1.54, 1.807) is 11.8 Å². The molecule has 1 aliphatic heterocycles. The zero-order chi connectivity index (χ0) is 23.5. The molecule has 1 N–H and O–H groups in total. The maximum Gasteiger partial charge on any atom is 0.304 e. The summed E-state index contributed by atoms with van der Waals surface area (Å²) in [6.07, 6.45) is 13.1. The van der Waals surface area contributed by atoms with E-state index in [0.29, 0.717) is 10.8 Å². The molecule has 34 heavy (non-hydrogen) atoms. The molecule has 168 valence electrons. The number of allylic oxidation sites excluding steroid dienone is 3. The number of halogens is 1. The van der Waals surface area contributed by atoms with Gasteiger partial charge in [0.2, 0.25) is 0 Å². The van der Waals surface area contributed by atoms with Crippen LogP contribution in [0.4, 0.5) is 0 Å². The second-order valence-electron chi connectivity index (χ2n) is 7.96. The molecule has 0 spiro atoms. The van der Waals surface area contributed by atoms with E-state index in [4.69, 9.17) is 21.7 Å². The molecule has 0 atom stereocenters. The fourth-order valence-corrected chi connectivity index (χ4v) is 5.27. The zero-order valence-corrected chi connectivity index (χ0v) is 19.8. The van der Waals surface area contributed by atoms with Crippen molar-refractivity contribution in [2.24, 2.45) is 4.99 Å². The van der Waals surface area contributed by atoms with Crippen molar-refractivity contribution in [1.29, 1.82) is 0 Å². The first-order valence-electron chi connectivity index (χ1n) is 11.0. The molecule has 0 radical (unpaired) electrons. The molecule has 6 heteroatoms.